The minimum atomic E-state index is -0.487. The highest BCUT2D eigenvalue weighted by Crippen LogP contribution is 2.50. The van der Waals surface area contributed by atoms with Crippen molar-refractivity contribution in [3.63, 3.8) is 0 Å². The zero-order valence-electron chi connectivity index (χ0n) is 19.1. The minimum Gasteiger partial charge on any atom is -0.497 e. The van der Waals surface area contributed by atoms with E-state index in [2.05, 4.69) is 23.6 Å². The van der Waals surface area contributed by atoms with Crippen LogP contribution in [0.4, 0.5) is 0 Å². The molecule has 5 heteroatoms. The lowest BCUT2D eigenvalue weighted by molar-refractivity contribution is -0.0591. The fraction of sp³-hybridized carbons (Fsp3) is 0.444. The van der Waals surface area contributed by atoms with E-state index < -0.39 is 6.10 Å². The summed E-state index contributed by atoms with van der Waals surface area (Å²) in [5.41, 5.74) is 1.67. The molecule has 4 atom stereocenters. The summed E-state index contributed by atoms with van der Waals surface area (Å²) in [7, 11) is 3.56. The largest absolute Gasteiger partial charge is 0.497 e. The fourth-order valence-electron chi connectivity index (χ4n) is 5.78. The van der Waals surface area contributed by atoms with Crippen LogP contribution in [-0.4, -0.2) is 66.8 Å². The van der Waals surface area contributed by atoms with E-state index in [-0.39, 0.29) is 23.3 Å². The van der Waals surface area contributed by atoms with E-state index in [1.54, 1.807) is 7.11 Å². The van der Waals surface area contributed by atoms with Gasteiger partial charge in [0.1, 0.15) is 5.75 Å². The van der Waals surface area contributed by atoms with Crippen LogP contribution in [0.5, 0.6) is 5.75 Å². The quantitative estimate of drug-likeness (QED) is 0.704. The molecule has 1 aliphatic carbocycles. The van der Waals surface area contributed by atoms with E-state index in [0.29, 0.717) is 12.0 Å². The van der Waals surface area contributed by atoms with Crippen molar-refractivity contribution in [2.24, 2.45) is 5.92 Å². The number of benzene rings is 2. The number of fused-ring (bicyclic) bond motifs is 1. The Morgan fingerprint density at radius 2 is 2.06 bits per heavy atom. The van der Waals surface area contributed by atoms with Crippen molar-refractivity contribution in [2.75, 3.05) is 33.8 Å². The summed E-state index contributed by atoms with van der Waals surface area (Å²) in [6.07, 6.45) is 3.80. The lowest BCUT2D eigenvalue weighted by atomic mass is 9.56. The first-order valence-electron chi connectivity index (χ1n) is 11.5. The molecule has 2 aromatic carbocycles. The number of piperidine rings is 1. The van der Waals surface area contributed by atoms with Crippen molar-refractivity contribution in [3.05, 3.63) is 78.4 Å². The van der Waals surface area contributed by atoms with Crippen molar-refractivity contribution in [1.82, 2.24) is 9.80 Å². The fourth-order valence-corrected chi connectivity index (χ4v) is 5.78. The van der Waals surface area contributed by atoms with Gasteiger partial charge in [0.05, 0.1) is 13.2 Å². The molecule has 2 fully saturated rings. The second-order valence-electron chi connectivity index (χ2n) is 9.24. The summed E-state index contributed by atoms with van der Waals surface area (Å²) >= 11 is 0. The van der Waals surface area contributed by atoms with Gasteiger partial charge in [0.2, 0.25) is 0 Å². The first-order chi connectivity index (χ1) is 15.5. The predicted molar refractivity (Wildman–Crippen MR) is 127 cm³/mol. The second kappa shape index (κ2) is 9.47. The molecule has 1 heterocycles. The number of nitrogens with zero attached hydrogens (tertiary/aromatic N) is 2. The third kappa shape index (κ3) is 4.19. The van der Waals surface area contributed by atoms with Crippen LogP contribution >= 0.6 is 0 Å². The zero-order chi connectivity index (χ0) is 22.7. The van der Waals surface area contributed by atoms with Gasteiger partial charge in [-0.25, -0.2) is 0 Å². The van der Waals surface area contributed by atoms with Crippen LogP contribution in [0.3, 0.4) is 0 Å². The lowest BCUT2D eigenvalue weighted by Crippen LogP contribution is -2.61. The summed E-state index contributed by atoms with van der Waals surface area (Å²) in [5.74, 6) is 0.931. The van der Waals surface area contributed by atoms with Crippen LogP contribution in [0.2, 0.25) is 0 Å². The SMILES string of the molecule is C=CCN1CCC2(c3cccc(OC)c3)CC(N(C)C(=O)c3ccccc3)CC(O)C2C1. The third-order valence-electron chi connectivity index (χ3n) is 7.54. The zero-order valence-corrected chi connectivity index (χ0v) is 19.1. The molecule has 1 N–H and O–H groups in total. The smallest absolute Gasteiger partial charge is 0.253 e. The molecule has 1 saturated heterocycles. The summed E-state index contributed by atoms with van der Waals surface area (Å²) in [5, 5.41) is 11.4. The van der Waals surface area contributed by atoms with Crippen molar-refractivity contribution < 1.29 is 14.6 Å². The lowest BCUT2D eigenvalue weighted by Gasteiger charge is -2.56. The average molecular weight is 435 g/mol. The Hall–Kier alpha value is -2.63. The predicted octanol–water partition coefficient (Wildman–Crippen LogP) is 3.74. The molecule has 32 heavy (non-hydrogen) atoms. The van der Waals surface area contributed by atoms with Gasteiger partial charge in [-0.1, -0.05) is 36.4 Å². The molecule has 2 aliphatic rings. The molecular weight excluding hydrogens is 400 g/mol. The normalized spacial score (nSPS) is 27.9. The van der Waals surface area contributed by atoms with E-state index in [1.165, 1.54) is 5.56 Å². The summed E-state index contributed by atoms with van der Waals surface area (Å²) in [6, 6.07) is 17.6. The first kappa shape index (κ1) is 22.6. The van der Waals surface area contributed by atoms with Gasteiger partial charge < -0.3 is 14.7 Å². The van der Waals surface area contributed by atoms with Crippen LogP contribution < -0.4 is 4.74 Å². The van der Waals surface area contributed by atoms with E-state index in [9.17, 15) is 9.90 Å². The molecule has 1 saturated carbocycles. The number of likely N-dealkylation sites (tertiary alicyclic amines) is 1. The Morgan fingerprint density at radius 3 is 2.78 bits per heavy atom. The summed E-state index contributed by atoms with van der Waals surface area (Å²) < 4.78 is 5.53. The Morgan fingerprint density at radius 1 is 1.28 bits per heavy atom. The third-order valence-corrected chi connectivity index (χ3v) is 7.54. The van der Waals surface area contributed by atoms with Crippen LogP contribution in [0, 0.1) is 5.92 Å². The second-order valence-corrected chi connectivity index (χ2v) is 9.24. The number of methoxy groups -OCH3 is 1. The molecule has 0 bridgehead atoms. The first-order valence-corrected chi connectivity index (χ1v) is 11.5. The van der Waals surface area contributed by atoms with Gasteiger partial charge in [0.25, 0.3) is 5.91 Å². The van der Waals surface area contributed by atoms with Crippen molar-refractivity contribution >= 4 is 5.91 Å². The van der Waals surface area contributed by atoms with Crippen molar-refractivity contribution in [2.45, 2.75) is 36.8 Å². The standard InChI is InChI=1S/C27H34N2O3/c1-4-14-29-15-13-27(21-11-8-12-23(16-21)32-3)18-22(17-25(30)24(27)19-29)28(2)26(31)20-9-6-5-7-10-20/h4-12,16,22,24-25,30H,1,13-15,17-19H2,2-3H3. The molecule has 4 unspecified atom stereocenters. The Kier molecular flexibility index (Phi) is 6.68. The maximum Gasteiger partial charge on any atom is 0.253 e. The molecule has 5 nitrogen and oxygen atoms in total. The number of amides is 1. The molecule has 0 aromatic heterocycles. The summed E-state index contributed by atoms with van der Waals surface area (Å²) in [6.45, 7) is 6.49. The van der Waals surface area contributed by atoms with Gasteiger partial charge in [0.15, 0.2) is 0 Å². The van der Waals surface area contributed by atoms with Gasteiger partial charge in [-0.15, -0.1) is 6.58 Å². The van der Waals surface area contributed by atoms with Crippen LogP contribution in [0.1, 0.15) is 35.2 Å². The van der Waals surface area contributed by atoms with Crippen LogP contribution in [0.15, 0.2) is 67.3 Å². The van der Waals surface area contributed by atoms with Crippen molar-refractivity contribution in [3.8, 4) is 5.75 Å². The monoisotopic (exact) mass is 434 g/mol. The van der Waals surface area contributed by atoms with Crippen LogP contribution in [-0.2, 0) is 5.41 Å². The van der Waals surface area contributed by atoms with Gasteiger partial charge in [-0.3, -0.25) is 9.69 Å². The molecule has 0 radical (unpaired) electrons. The number of hydrogen-bond acceptors (Lipinski definition) is 4. The van der Waals surface area contributed by atoms with E-state index in [1.807, 2.05) is 60.5 Å². The van der Waals surface area contributed by atoms with Crippen molar-refractivity contribution in [1.29, 1.82) is 0 Å². The molecule has 0 spiro atoms. The van der Waals surface area contributed by atoms with Gasteiger partial charge in [-0.05, 0) is 55.6 Å². The molecular formula is C27H34N2O3. The van der Waals surface area contributed by atoms with Gasteiger partial charge >= 0.3 is 0 Å². The highest BCUT2D eigenvalue weighted by Gasteiger charge is 2.52. The topological polar surface area (TPSA) is 53.0 Å². The van der Waals surface area contributed by atoms with Gasteiger partial charge in [0, 0.05) is 43.1 Å². The van der Waals surface area contributed by atoms with E-state index in [4.69, 9.17) is 4.74 Å². The molecule has 4 rings (SSSR count). The van der Waals surface area contributed by atoms with Gasteiger partial charge in [-0.2, -0.15) is 0 Å². The molecule has 2 aromatic rings. The maximum absolute atomic E-state index is 13.2. The maximum atomic E-state index is 13.2. The number of hydrogen-bond donors (Lipinski definition) is 1. The highest BCUT2D eigenvalue weighted by atomic mass is 16.5. The number of carbonyl (C=O) groups excluding carboxylic acids is 1. The number of ether oxygens (including phenoxy) is 1. The minimum absolute atomic E-state index is 0.00568. The Balaban J connectivity index is 1.68. The Labute approximate surface area is 191 Å². The van der Waals surface area contributed by atoms with E-state index in [0.717, 1.165) is 38.2 Å². The number of aliphatic hydroxyl groups is 1. The number of carbonyl (C=O) groups is 1. The molecule has 1 aliphatic heterocycles. The van der Waals surface area contributed by atoms with E-state index >= 15 is 0 Å². The Bertz CT molecular complexity index is 947. The summed E-state index contributed by atoms with van der Waals surface area (Å²) in [4.78, 5) is 17.4. The number of rotatable bonds is 6. The molecule has 170 valence electrons. The number of aliphatic hydroxyl groups excluding tert-OH is 1. The molecule has 1 amide bonds. The van der Waals surface area contributed by atoms with Crippen LogP contribution in [0.25, 0.3) is 0 Å². The highest BCUT2D eigenvalue weighted by molar-refractivity contribution is 5.94. The average Bonchev–Trinajstić information content (AvgIpc) is 2.84.